The zero-order valence-corrected chi connectivity index (χ0v) is 24.6. The molecule has 5 aromatic rings. The van der Waals surface area contributed by atoms with E-state index in [2.05, 4.69) is 20.6 Å². The molecule has 1 aliphatic rings. The first-order chi connectivity index (χ1) is 21.8. The number of piperidine rings is 1. The van der Waals surface area contributed by atoms with Gasteiger partial charge in [-0.3, -0.25) is 14.9 Å². The van der Waals surface area contributed by atoms with E-state index in [1.54, 1.807) is 21.8 Å². The Morgan fingerprint density at radius 1 is 0.733 bits per heavy atom. The molecule has 0 N–H and O–H groups in total. The Morgan fingerprint density at radius 2 is 1.20 bits per heavy atom. The van der Waals surface area contributed by atoms with Crippen LogP contribution in [0.4, 0.5) is 5.69 Å². The lowest BCUT2D eigenvalue weighted by atomic mass is 9.97. The molecule has 3 heterocycles. The zero-order valence-electron chi connectivity index (χ0n) is 23.7. The third kappa shape index (κ3) is 6.66. The zero-order chi connectivity index (χ0) is 31.4. The van der Waals surface area contributed by atoms with Gasteiger partial charge in [-0.1, -0.05) is 83.2 Å². The summed E-state index contributed by atoms with van der Waals surface area (Å²) in [5.41, 5.74) is 2.40. The molecule has 0 amide bonds. The number of nitro benzene ring substituents is 1. The molecule has 45 heavy (non-hydrogen) atoms. The Bertz CT molecular complexity index is 1930. The number of carbonyl (C=O) groups is 1. The predicted molar refractivity (Wildman–Crippen MR) is 164 cm³/mol. The summed E-state index contributed by atoms with van der Waals surface area (Å²) in [6.45, 7) is 0.257. The van der Waals surface area contributed by atoms with Crippen LogP contribution in [0, 0.1) is 10.1 Å². The van der Waals surface area contributed by atoms with Crippen molar-refractivity contribution in [3.63, 3.8) is 0 Å². The minimum atomic E-state index is -4.41. The lowest BCUT2D eigenvalue weighted by Gasteiger charge is -2.28. The van der Waals surface area contributed by atoms with Crippen LogP contribution < -0.4 is 0 Å². The standard InChI is InChI=1S/C31H26N8O5S/c40-31-25(15-27-21-36(34-32-27)17-23-9-3-1-4-10-23)19-38(45(43,44)30-14-8-7-13-29(30)39(41)42)20-26(31)16-28-22-37(35-33-28)18-24-11-5-2-6-12-24/h1-16,21-22H,17-20H2. The van der Waals surface area contributed by atoms with Gasteiger partial charge in [0.15, 0.2) is 10.7 Å². The fourth-order valence-electron chi connectivity index (χ4n) is 4.95. The van der Waals surface area contributed by atoms with Crippen LogP contribution in [0.15, 0.2) is 113 Å². The van der Waals surface area contributed by atoms with Gasteiger partial charge in [0.05, 0.1) is 30.4 Å². The Morgan fingerprint density at radius 3 is 1.69 bits per heavy atom. The van der Waals surface area contributed by atoms with Gasteiger partial charge in [0.1, 0.15) is 11.4 Å². The topological polar surface area (TPSA) is 159 Å². The summed E-state index contributed by atoms with van der Waals surface area (Å²) >= 11 is 0. The van der Waals surface area contributed by atoms with Crippen LogP contribution >= 0.6 is 0 Å². The van der Waals surface area contributed by atoms with Crippen LogP contribution in [0.5, 0.6) is 0 Å². The fourth-order valence-corrected chi connectivity index (χ4v) is 6.51. The second-order valence-electron chi connectivity index (χ2n) is 10.3. The van der Waals surface area contributed by atoms with Gasteiger partial charge in [-0.25, -0.2) is 17.8 Å². The molecule has 0 saturated carbocycles. The minimum absolute atomic E-state index is 0.123. The molecule has 0 aliphatic carbocycles. The number of ketones is 1. The molecule has 6 rings (SSSR count). The average molecular weight is 623 g/mol. The van der Waals surface area contributed by atoms with Crippen molar-refractivity contribution >= 4 is 33.6 Å². The maximum Gasteiger partial charge on any atom is 0.289 e. The van der Waals surface area contributed by atoms with E-state index in [0.29, 0.717) is 24.5 Å². The van der Waals surface area contributed by atoms with Gasteiger partial charge in [-0.2, -0.15) is 4.31 Å². The first-order valence-electron chi connectivity index (χ1n) is 13.8. The van der Waals surface area contributed by atoms with Crippen LogP contribution in [-0.2, 0) is 27.9 Å². The van der Waals surface area contributed by atoms with Gasteiger partial charge in [0.2, 0.25) is 0 Å². The van der Waals surface area contributed by atoms with Crippen LogP contribution in [0.1, 0.15) is 22.5 Å². The van der Waals surface area contributed by atoms with E-state index in [9.17, 15) is 23.3 Å². The molecular formula is C31H26N8O5S. The first kappa shape index (κ1) is 29.5. The number of para-hydroxylation sites is 1. The predicted octanol–water partition coefficient (Wildman–Crippen LogP) is 3.62. The second-order valence-corrected chi connectivity index (χ2v) is 12.2. The second kappa shape index (κ2) is 12.6. The van der Waals surface area contributed by atoms with Crippen LogP contribution in [0.3, 0.4) is 0 Å². The van der Waals surface area contributed by atoms with E-state index in [1.165, 1.54) is 30.4 Å². The highest BCUT2D eigenvalue weighted by Crippen LogP contribution is 2.31. The van der Waals surface area contributed by atoms with E-state index < -0.39 is 31.3 Å². The maximum atomic E-state index is 13.8. The monoisotopic (exact) mass is 622 g/mol. The minimum Gasteiger partial charge on any atom is -0.289 e. The van der Waals surface area contributed by atoms with Gasteiger partial charge in [-0.15, -0.1) is 10.2 Å². The number of benzene rings is 3. The van der Waals surface area contributed by atoms with Gasteiger partial charge in [-0.05, 0) is 29.3 Å². The number of nitrogens with zero attached hydrogens (tertiary/aromatic N) is 8. The summed E-state index contributed by atoms with van der Waals surface area (Å²) in [6, 6.07) is 24.4. The molecule has 0 radical (unpaired) electrons. The third-order valence-electron chi connectivity index (χ3n) is 7.09. The Hall–Kier alpha value is -5.60. The lowest BCUT2D eigenvalue weighted by Crippen LogP contribution is -2.41. The summed E-state index contributed by atoms with van der Waals surface area (Å²) in [7, 11) is -4.41. The molecule has 226 valence electrons. The number of hydrogen-bond donors (Lipinski definition) is 0. The van der Waals surface area contributed by atoms with Crippen molar-refractivity contribution in [2.45, 2.75) is 18.0 Å². The van der Waals surface area contributed by atoms with Crippen LogP contribution in [0.25, 0.3) is 12.2 Å². The van der Waals surface area contributed by atoms with Gasteiger partial charge < -0.3 is 0 Å². The highest BCUT2D eigenvalue weighted by atomic mass is 32.2. The summed E-state index contributed by atoms with van der Waals surface area (Å²) in [5.74, 6) is -0.403. The van der Waals surface area contributed by atoms with Crippen molar-refractivity contribution in [3.05, 3.63) is 141 Å². The number of carbonyl (C=O) groups excluding carboxylic acids is 1. The fraction of sp³-hybridized carbons (Fsp3) is 0.129. The van der Waals surface area contributed by atoms with Crippen molar-refractivity contribution in [1.29, 1.82) is 0 Å². The number of aromatic nitrogens is 6. The molecule has 1 fully saturated rings. The molecule has 0 atom stereocenters. The number of Topliss-reactive ketones (excluding diaryl/α,β-unsaturated/α-hetero) is 1. The molecule has 1 saturated heterocycles. The number of nitro groups is 1. The van der Waals surface area contributed by atoms with E-state index in [0.717, 1.165) is 21.5 Å². The largest absolute Gasteiger partial charge is 0.289 e. The number of rotatable bonds is 9. The molecule has 2 aromatic heterocycles. The molecule has 3 aromatic carbocycles. The third-order valence-corrected chi connectivity index (χ3v) is 8.93. The maximum absolute atomic E-state index is 13.8. The smallest absolute Gasteiger partial charge is 0.289 e. The first-order valence-corrected chi connectivity index (χ1v) is 15.3. The van der Waals surface area contributed by atoms with Gasteiger partial charge in [0, 0.05) is 30.3 Å². The highest BCUT2D eigenvalue weighted by Gasteiger charge is 2.37. The van der Waals surface area contributed by atoms with Crippen LogP contribution in [0.2, 0.25) is 0 Å². The van der Waals surface area contributed by atoms with Crippen molar-refractivity contribution in [2.24, 2.45) is 0 Å². The molecule has 14 heteroatoms. The molecule has 0 bridgehead atoms. The quantitative estimate of drug-likeness (QED) is 0.136. The van der Waals surface area contributed by atoms with E-state index in [4.69, 9.17) is 0 Å². The summed E-state index contributed by atoms with van der Waals surface area (Å²) in [6.07, 6.45) is 6.28. The average Bonchev–Trinajstić information content (AvgIpc) is 3.68. The molecular weight excluding hydrogens is 596 g/mol. The van der Waals surface area contributed by atoms with Crippen molar-refractivity contribution in [2.75, 3.05) is 13.1 Å². The summed E-state index contributed by atoms with van der Waals surface area (Å²) in [4.78, 5) is 24.2. The molecule has 1 aliphatic heterocycles. The van der Waals surface area contributed by atoms with E-state index in [-0.39, 0.29) is 24.2 Å². The number of sulfonamides is 1. The van der Waals surface area contributed by atoms with Gasteiger partial charge in [0.25, 0.3) is 15.7 Å². The Kier molecular flexibility index (Phi) is 8.22. The number of hydrogen-bond acceptors (Lipinski definition) is 9. The highest BCUT2D eigenvalue weighted by molar-refractivity contribution is 7.89. The van der Waals surface area contributed by atoms with Gasteiger partial charge >= 0.3 is 0 Å². The molecule has 0 spiro atoms. The Labute approximate surface area is 257 Å². The van der Waals surface area contributed by atoms with Crippen molar-refractivity contribution in [1.82, 2.24) is 34.3 Å². The summed E-state index contributed by atoms with van der Waals surface area (Å²) in [5, 5.41) is 28.3. The van der Waals surface area contributed by atoms with E-state index >= 15 is 0 Å². The Balaban J connectivity index is 1.35. The van der Waals surface area contributed by atoms with Crippen LogP contribution in [-0.4, -0.2) is 66.5 Å². The SMILES string of the molecule is O=C1C(=Cc2cn(Cc3ccccc3)nn2)CN(S(=O)(=O)c2ccccc2[N+](=O)[O-])CC1=Cc1cn(Cc2ccccc2)nn1. The summed E-state index contributed by atoms with van der Waals surface area (Å²) < 4.78 is 31.9. The van der Waals surface area contributed by atoms with E-state index in [1.807, 2.05) is 60.7 Å². The normalized spacial score (nSPS) is 16.0. The lowest BCUT2D eigenvalue weighted by molar-refractivity contribution is -0.387. The molecule has 13 nitrogen and oxygen atoms in total. The van der Waals surface area contributed by atoms with Crippen molar-refractivity contribution < 1.29 is 18.1 Å². The molecule has 0 unspecified atom stereocenters. The van der Waals surface area contributed by atoms with Crippen molar-refractivity contribution in [3.8, 4) is 0 Å².